The van der Waals surface area contributed by atoms with Crippen molar-refractivity contribution in [1.29, 1.82) is 0 Å². The first kappa shape index (κ1) is 14.5. The van der Waals surface area contributed by atoms with Crippen LogP contribution in [-0.2, 0) is 0 Å². The number of nitrogens with one attached hydrogen (secondary N) is 1. The van der Waals surface area contributed by atoms with E-state index in [2.05, 4.69) is 45.9 Å². The fraction of sp³-hybridized carbons (Fsp3) is 0.733. The Balaban J connectivity index is 1.73. The van der Waals surface area contributed by atoms with Crippen LogP contribution in [0.1, 0.15) is 13.8 Å². The summed E-state index contributed by atoms with van der Waals surface area (Å²) in [6.45, 7) is 10.6. The van der Waals surface area contributed by atoms with Crippen LogP contribution in [0.5, 0.6) is 0 Å². The minimum Gasteiger partial charge on any atom is -0.353 e. The van der Waals surface area contributed by atoms with Gasteiger partial charge in [0, 0.05) is 57.5 Å². The second-order valence-electron chi connectivity index (χ2n) is 6.38. The summed E-state index contributed by atoms with van der Waals surface area (Å²) in [5, 5.41) is 3.56. The highest BCUT2D eigenvalue weighted by Crippen LogP contribution is 2.18. The maximum atomic E-state index is 4.81. The van der Waals surface area contributed by atoms with E-state index in [9.17, 15) is 0 Å². The number of piperazine rings is 2. The second-order valence-corrected chi connectivity index (χ2v) is 6.38. The molecule has 0 bridgehead atoms. The molecule has 1 aromatic heterocycles. The fourth-order valence-corrected chi connectivity index (χ4v) is 3.19. The molecule has 1 N–H and O–H groups in total. The lowest BCUT2D eigenvalue weighted by Gasteiger charge is -2.37. The highest BCUT2D eigenvalue weighted by molar-refractivity contribution is 5.45. The van der Waals surface area contributed by atoms with Crippen molar-refractivity contribution in [3.8, 4) is 0 Å². The first-order chi connectivity index (χ1) is 10.1. The smallest absolute Gasteiger partial charge is 0.227 e. The third-order valence-corrected chi connectivity index (χ3v) is 4.30. The molecular formula is C15H26N6. The molecule has 2 aliphatic rings. The molecule has 0 unspecified atom stereocenters. The maximum Gasteiger partial charge on any atom is 0.227 e. The van der Waals surface area contributed by atoms with Gasteiger partial charge in [0.05, 0.1) is 0 Å². The lowest BCUT2D eigenvalue weighted by atomic mass is 10.1. The summed E-state index contributed by atoms with van der Waals surface area (Å²) < 4.78 is 0. The molecule has 0 amide bonds. The van der Waals surface area contributed by atoms with Gasteiger partial charge < -0.3 is 20.0 Å². The normalized spacial score (nSPS) is 28.0. The molecule has 2 atom stereocenters. The molecule has 2 fully saturated rings. The number of rotatable bonds is 2. The quantitative estimate of drug-likeness (QED) is 0.851. The van der Waals surface area contributed by atoms with Gasteiger partial charge in [-0.1, -0.05) is 0 Å². The van der Waals surface area contributed by atoms with Gasteiger partial charge >= 0.3 is 0 Å². The van der Waals surface area contributed by atoms with Crippen LogP contribution in [0.15, 0.2) is 12.3 Å². The van der Waals surface area contributed by atoms with E-state index in [0.29, 0.717) is 12.1 Å². The zero-order valence-electron chi connectivity index (χ0n) is 13.3. The van der Waals surface area contributed by atoms with Gasteiger partial charge in [-0.15, -0.1) is 0 Å². The summed E-state index contributed by atoms with van der Waals surface area (Å²) in [5.74, 6) is 1.93. The van der Waals surface area contributed by atoms with Gasteiger partial charge in [-0.05, 0) is 27.0 Å². The highest BCUT2D eigenvalue weighted by atomic mass is 15.3. The van der Waals surface area contributed by atoms with Gasteiger partial charge in [0.25, 0.3) is 0 Å². The predicted molar refractivity (Wildman–Crippen MR) is 86.0 cm³/mol. The molecule has 6 nitrogen and oxygen atoms in total. The van der Waals surface area contributed by atoms with E-state index in [1.807, 2.05) is 12.3 Å². The Bertz CT molecular complexity index is 461. The van der Waals surface area contributed by atoms with Gasteiger partial charge in [0.1, 0.15) is 5.82 Å². The zero-order valence-corrected chi connectivity index (χ0v) is 13.3. The Morgan fingerprint density at radius 3 is 2.38 bits per heavy atom. The van der Waals surface area contributed by atoms with Crippen molar-refractivity contribution < 1.29 is 0 Å². The maximum absolute atomic E-state index is 4.81. The molecule has 3 heterocycles. The molecule has 2 aliphatic heterocycles. The minimum atomic E-state index is 0.496. The predicted octanol–water partition coefficient (Wildman–Crippen LogP) is 0.415. The van der Waals surface area contributed by atoms with Crippen molar-refractivity contribution >= 4 is 11.8 Å². The SMILES string of the molecule is C[C@@H]1CN(c2ccnc(N3CCN(C)CC3)n2)C[C@H](C)N1. The van der Waals surface area contributed by atoms with Crippen molar-refractivity contribution in [2.24, 2.45) is 0 Å². The molecule has 0 aromatic carbocycles. The fourth-order valence-electron chi connectivity index (χ4n) is 3.19. The van der Waals surface area contributed by atoms with Gasteiger partial charge in [-0.25, -0.2) is 4.98 Å². The Hall–Kier alpha value is -1.40. The van der Waals surface area contributed by atoms with E-state index in [-0.39, 0.29) is 0 Å². The van der Waals surface area contributed by atoms with Crippen LogP contribution in [-0.4, -0.2) is 73.3 Å². The molecule has 0 aliphatic carbocycles. The van der Waals surface area contributed by atoms with Gasteiger partial charge in [-0.2, -0.15) is 4.98 Å². The molecule has 2 saturated heterocycles. The first-order valence-electron chi connectivity index (χ1n) is 7.89. The van der Waals surface area contributed by atoms with Gasteiger partial charge in [0.15, 0.2) is 0 Å². The third kappa shape index (κ3) is 3.44. The van der Waals surface area contributed by atoms with Crippen molar-refractivity contribution in [3.63, 3.8) is 0 Å². The van der Waals surface area contributed by atoms with Gasteiger partial charge in [0.2, 0.25) is 5.95 Å². The van der Waals surface area contributed by atoms with Crippen LogP contribution in [0, 0.1) is 0 Å². The highest BCUT2D eigenvalue weighted by Gasteiger charge is 2.23. The van der Waals surface area contributed by atoms with Gasteiger partial charge in [-0.3, -0.25) is 0 Å². The van der Waals surface area contributed by atoms with E-state index in [4.69, 9.17) is 4.98 Å². The summed E-state index contributed by atoms with van der Waals surface area (Å²) in [6, 6.07) is 3.02. The van der Waals surface area contributed by atoms with Crippen LogP contribution < -0.4 is 15.1 Å². The number of likely N-dealkylation sites (N-methyl/N-ethyl adjacent to an activating group) is 1. The topological polar surface area (TPSA) is 47.5 Å². The van der Waals surface area contributed by atoms with E-state index in [1.54, 1.807) is 0 Å². The molecule has 3 rings (SSSR count). The summed E-state index contributed by atoms with van der Waals surface area (Å²) in [6.07, 6.45) is 1.90. The lowest BCUT2D eigenvalue weighted by Crippen LogP contribution is -2.54. The van der Waals surface area contributed by atoms with Crippen LogP contribution in [0.2, 0.25) is 0 Å². The van der Waals surface area contributed by atoms with E-state index >= 15 is 0 Å². The number of hydrogen-bond acceptors (Lipinski definition) is 6. The van der Waals surface area contributed by atoms with Crippen LogP contribution in [0.25, 0.3) is 0 Å². The van der Waals surface area contributed by atoms with Crippen LogP contribution in [0.3, 0.4) is 0 Å². The number of nitrogens with zero attached hydrogens (tertiary/aromatic N) is 5. The first-order valence-corrected chi connectivity index (χ1v) is 7.89. The average Bonchev–Trinajstić information content (AvgIpc) is 2.47. The summed E-state index contributed by atoms with van der Waals surface area (Å²) in [5.41, 5.74) is 0. The number of hydrogen-bond donors (Lipinski definition) is 1. The van der Waals surface area contributed by atoms with Crippen LogP contribution >= 0.6 is 0 Å². The molecule has 0 saturated carbocycles. The molecule has 0 spiro atoms. The van der Waals surface area contributed by atoms with Crippen molar-refractivity contribution in [1.82, 2.24) is 20.2 Å². The average molecular weight is 290 g/mol. The van der Waals surface area contributed by atoms with Crippen molar-refractivity contribution in [3.05, 3.63) is 12.3 Å². The molecule has 6 heteroatoms. The summed E-state index contributed by atoms with van der Waals surface area (Å²) in [7, 11) is 2.16. The Morgan fingerprint density at radius 2 is 1.71 bits per heavy atom. The lowest BCUT2D eigenvalue weighted by molar-refractivity contribution is 0.311. The van der Waals surface area contributed by atoms with E-state index < -0.39 is 0 Å². The van der Waals surface area contributed by atoms with Crippen LogP contribution in [0.4, 0.5) is 11.8 Å². The summed E-state index contributed by atoms with van der Waals surface area (Å²) in [4.78, 5) is 16.3. The molecule has 0 radical (unpaired) electrons. The summed E-state index contributed by atoms with van der Waals surface area (Å²) >= 11 is 0. The van der Waals surface area contributed by atoms with E-state index in [0.717, 1.165) is 51.0 Å². The minimum absolute atomic E-state index is 0.496. The Kier molecular flexibility index (Phi) is 4.26. The van der Waals surface area contributed by atoms with Crippen molar-refractivity contribution in [2.75, 3.05) is 56.1 Å². The largest absolute Gasteiger partial charge is 0.353 e. The Morgan fingerprint density at radius 1 is 1.05 bits per heavy atom. The molecule has 1 aromatic rings. The monoisotopic (exact) mass is 290 g/mol. The third-order valence-electron chi connectivity index (χ3n) is 4.30. The zero-order chi connectivity index (χ0) is 14.8. The number of anilines is 2. The standard InChI is InChI=1S/C15H26N6/c1-12-10-21(11-13(2)17-12)14-4-5-16-15(18-14)20-8-6-19(3)7-9-20/h4-5,12-13,17H,6-11H2,1-3H3/t12-,13+. The Labute approximate surface area is 127 Å². The molecule has 21 heavy (non-hydrogen) atoms. The molecular weight excluding hydrogens is 264 g/mol. The molecule has 116 valence electrons. The number of aromatic nitrogens is 2. The second kappa shape index (κ2) is 6.15. The van der Waals surface area contributed by atoms with E-state index in [1.165, 1.54) is 0 Å². The van der Waals surface area contributed by atoms with Crippen molar-refractivity contribution in [2.45, 2.75) is 25.9 Å².